The molecular weight excluding hydrogens is 204 g/mol. The molecule has 1 saturated carbocycles. The van der Waals surface area contributed by atoms with Crippen molar-refractivity contribution < 1.29 is 14.7 Å². The van der Waals surface area contributed by atoms with E-state index in [1.807, 2.05) is 6.07 Å². The molecule has 1 aromatic rings. The molecule has 0 amide bonds. The number of aliphatic carboxylic acids is 1. The number of hydrogen-bond acceptors (Lipinski definition) is 2. The van der Waals surface area contributed by atoms with Gasteiger partial charge < -0.3 is 5.11 Å². The van der Waals surface area contributed by atoms with Gasteiger partial charge in [-0.15, -0.1) is 0 Å². The Bertz CT molecular complexity index is 397. The van der Waals surface area contributed by atoms with E-state index in [4.69, 9.17) is 5.11 Å². The SMILES string of the molecule is O=C(c1ccccc1)[C@H]1CCC[C@H]1C(=O)O. The van der Waals surface area contributed by atoms with Crippen molar-refractivity contribution in [2.45, 2.75) is 19.3 Å². The number of ketones is 1. The number of carbonyl (C=O) groups is 2. The van der Waals surface area contributed by atoms with Gasteiger partial charge >= 0.3 is 5.97 Å². The summed E-state index contributed by atoms with van der Waals surface area (Å²) in [5, 5.41) is 9.03. The highest BCUT2D eigenvalue weighted by Gasteiger charge is 2.37. The lowest BCUT2D eigenvalue weighted by atomic mass is 9.88. The van der Waals surface area contributed by atoms with Crippen LogP contribution < -0.4 is 0 Å². The number of carbonyl (C=O) groups excluding carboxylic acids is 1. The molecule has 1 N–H and O–H groups in total. The highest BCUT2D eigenvalue weighted by atomic mass is 16.4. The Kier molecular flexibility index (Phi) is 3.04. The summed E-state index contributed by atoms with van der Waals surface area (Å²) in [6.45, 7) is 0. The van der Waals surface area contributed by atoms with Crippen molar-refractivity contribution in [2.75, 3.05) is 0 Å². The second kappa shape index (κ2) is 4.47. The smallest absolute Gasteiger partial charge is 0.307 e. The Morgan fingerprint density at radius 2 is 1.69 bits per heavy atom. The lowest BCUT2D eigenvalue weighted by Crippen LogP contribution is -2.25. The normalized spacial score (nSPS) is 24.2. The van der Waals surface area contributed by atoms with E-state index in [1.54, 1.807) is 24.3 Å². The number of hydrogen-bond donors (Lipinski definition) is 1. The van der Waals surface area contributed by atoms with E-state index in [2.05, 4.69) is 0 Å². The molecular formula is C13H14O3. The van der Waals surface area contributed by atoms with Crippen LogP contribution in [0.15, 0.2) is 30.3 Å². The number of rotatable bonds is 3. The van der Waals surface area contributed by atoms with E-state index < -0.39 is 11.9 Å². The zero-order chi connectivity index (χ0) is 11.5. The van der Waals surface area contributed by atoms with Gasteiger partial charge in [-0.25, -0.2) is 0 Å². The first-order chi connectivity index (χ1) is 7.70. The number of Topliss-reactive ketones (excluding diaryl/α,β-unsaturated/α-hetero) is 1. The van der Waals surface area contributed by atoms with Gasteiger partial charge in [0.25, 0.3) is 0 Å². The molecule has 0 heterocycles. The fraction of sp³-hybridized carbons (Fsp3) is 0.385. The standard InChI is InChI=1S/C13H14O3/c14-12(9-5-2-1-3-6-9)10-7-4-8-11(10)13(15)16/h1-3,5-6,10-11H,4,7-8H2,(H,15,16)/t10-,11+/m0/s1. The van der Waals surface area contributed by atoms with Crippen LogP contribution in [-0.4, -0.2) is 16.9 Å². The maximum Gasteiger partial charge on any atom is 0.307 e. The predicted molar refractivity (Wildman–Crippen MR) is 59.2 cm³/mol. The van der Waals surface area contributed by atoms with E-state index in [0.717, 1.165) is 6.42 Å². The average molecular weight is 218 g/mol. The molecule has 0 spiro atoms. The largest absolute Gasteiger partial charge is 0.481 e. The molecule has 16 heavy (non-hydrogen) atoms. The summed E-state index contributed by atoms with van der Waals surface area (Å²) in [5.41, 5.74) is 0.626. The van der Waals surface area contributed by atoms with E-state index in [-0.39, 0.29) is 11.7 Å². The molecule has 0 bridgehead atoms. The van der Waals surface area contributed by atoms with Crippen molar-refractivity contribution >= 4 is 11.8 Å². The summed E-state index contributed by atoms with van der Waals surface area (Å²) in [6, 6.07) is 8.95. The third kappa shape index (κ3) is 1.98. The summed E-state index contributed by atoms with van der Waals surface area (Å²) < 4.78 is 0. The molecule has 3 heteroatoms. The van der Waals surface area contributed by atoms with Crippen LogP contribution >= 0.6 is 0 Å². The number of carboxylic acids is 1. The molecule has 0 radical (unpaired) electrons. The van der Waals surface area contributed by atoms with Crippen molar-refractivity contribution in [3.05, 3.63) is 35.9 Å². The third-order valence-corrected chi connectivity index (χ3v) is 3.23. The molecule has 0 aliphatic heterocycles. The van der Waals surface area contributed by atoms with Crippen LogP contribution in [0.3, 0.4) is 0 Å². The summed E-state index contributed by atoms with van der Waals surface area (Å²) in [5.74, 6) is -1.69. The molecule has 0 unspecified atom stereocenters. The van der Waals surface area contributed by atoms with Crippen LogP contribution in [0.5, 0.6) is 0 Å². The van der Waals surface area contributed by atoms with Gasteiger partial charge in [0.2, 0.25) is 0 Å². The maximum absolute atomic E-state index is 12.1. The molecule has 0 aromatic heterocycles. The first-order valence-corrected chi connectivity index (χ1v) is 5.52. The van der Waals surface area contributed by atoms with Crippen molar-refractivity contribution in [1.82, 2.24) is 0 Å². The highest BCUT2D eigenvalue weighted by Crippen LogP contribution is 2.34. The van der Waals surface area contributed by atoms with Crippen molar-refractivity contribution in [2.24, 2.45) is 11.8 Å². The third-order valence-electron chi connectivity index (χ3n) is 3.23. The fourth-order valence-electron chi connectivity index (χ4n) is 2.39. The molecule has 0 saturated heterocycles. The minimum Gasteiger partial charge on any atom is -0.481 e. The van der Waals surface area contributed by atoms with Crippen LogP contribution in [0.4, 0.5) is 0 Å². The van der Waals surface area contributed by atoms with E-state index in [1.165, 1.54) is 0 Å². The molecule has 2 rings (SSSR count). The van der Waals surface area contributed by atoms with Gasteiger partial charge in [-0.1, -0.05) is 36.8 Å². The molecule has 3 nitrogen and oxygen atoms in total. The van der Waals surface area contributed by atoms with Gasteiger partial charge in [0.05, 0.1) is 5.92 Å². The lowest BCUT2D eigenvalue weighted by Gasteiger charge is -2.14. The second-order valence-corrected chi connectivity index (χ2v) is 4.21. The summed E-state index contributed by atoms with van der Waals surface area (Å²) >= 11 is 0. The summed E-state index contributed by atoms with van der Waals surface area (Å²) in [4.78, 5) is 23.1. The maximum atomic E-state index is 12.1. The molecule has 84 valence electrons. The van der Waals surface area contributed by atoms with Crippen LogP contribution in [0.25, 0.3) is 0 Å². The topological polar surface area (TPSA) is 54.4 Å². The molecule has 1 aliphatic rings. The Labute approximate surface area is 94.1 Å². The Balaban J connectivity index is 2.19. The average Bonchev–Trinajstić information content (AvgIpc) is 2.78. The van der Waals surface area contributed by atoms with E-state index in [0.29, 0.717) is 18.4 Å². The highest BCUT2D eigenvalue weighted by molar-refractivity contribution is 6.00. The van der Waals surface area contributed by atoms with Gasteiger partial charge in [-0.05, 0) is 12.8 Å². The van der Waals surface area contributed by atoms with Crippen LogP contribution in [0.1, 0.15) is 29.6 Å². The summed E-state index contributed by atoms with van der Waals surface area (Å²) in [7, 11) is 0. The van der Waals surface area contributed by atoms with Gasteiger partial charge in [0, 0.05) is 11.5 Å². The minimum absolute atomic E-state index is 0.0227. The zero-order valence-electron chi connectivity index (χ0n) is 8.93. The van der Waals surface area contributed by atoms with Crippen LogP contribution in [0.2, 0.25) is 0 Å². The first kappa shape index (κ1) is 10.9. The quantitative estimate of drug-likeness (QED) is 0.792. The van der Waals surface area contributed by atoms with Gasteiger partial charge in [-0.3, -0.25) is 9.59 Å². The summed E-state index contributed by atoms with van der Waals surface area (Å²) in [6.07, 6.45) is 2.16. The van der Waals surface area contributed by atoms with Gasteiger partial charge in [-0.2, -0.15) is 0 Å². The molecule has 1 aliphatic carbocycles. The van der Waals surface area contributed by atoms with Gasteiger partial charge in [0.1, 0.15) is 0 Å². The van der Waals surface area contributed by atoms with Crippen molar-refractivity contribution in [1.29, 1.82) is 0 Å². The first-order valence-electron chi connectivity index (χ1n) is 5.52. The lowest BCUT2D eigenvalue weighted by molar-refractivity contribution is -0.142. The van der Waals surface area contributed by atoms with Crippen LogP contribution in [0, 0.1) is 11.8 Å². The predicted octanol–water partition coefficient (Wildman–Crippen LogP) is 2.37. The van der Waals surface area contributed by atoms with Crippen molar-refractivity contribution in [3.8, 4) is 0 Å². The zero-order valence-corrected chi connectivity index (χ0v) is 8.93. The Morgan fingerprint density at radius 3 is 2.31 bits per heavy atom. The number of carboxylic acid groups (broad SMARTS) is 1. The monoisotopic (exact) mass is 218 g/mol. The molecule has 2 atom stereocenters. The minimum atomic E-state index is -0.841. The van der Waals surface area contributed by atoms with Crippen molar-refractivity contribution in [3.63, 3.8) is 0 Å². The van der Waals surface area contributed by atoms with E-state index >= 15 is 0 Å². The molecule has 1 aromatic carbocycles. The fourth-order valence-corrected chi connectivity index (χ4v) is 2.39. The number of benzene rings is 1. The van der Waals surface area contributed by atoms with E-state index in [9.17, 15) is 9.59 Å². The van der Waals surface area contributed by atoms with Crippen LogP contribution in [-0.2, 0) is 4.79 Å². The Morgan fingerprint density at radius 1 is 1.06 bits per heavy atom. The molecule has 1 fully saturated rings. The second-order valence-electron chi connectivity index (χ2n) is 4.21. The Hall–Kier alpha value is -1.64. The van der Waals surface area contributed by atoms with Gasteiger partial charge in [0.15, 0.2) is 5.78 Å².